The molecule has 3 heteroatoms. The molecule has 0 bridgehead atoms. The molecule has 13 heavy (non-hydrogen) atoms. The topological polar surface area (TPSA) is 41.8 Å². The fourth-order valence-electron chi connectivity index (χ4n) is 1.39. The van der Waals surface area contributed by atoms with E-state index >= 15 is 0 Å². The number of nitrogens with two attached hydrogens (primary N) is 1. The van der Waals surface area contributed by atoms with Gasteiger partial charge in [0.25, 0.3) is 0 Å². The second-order valence-electron chi connectivity index (χ2n) is 3.09. The molecule has 0 saturated heterocycles. The van der Waals surface area contributed by atoms with Crippen molar-refractivity contribution in [3.8, 4) is 0 Å². The van der Waals surface area contributed by atoms with Gasteiger partial charge in [0.2, 0.25) is 0 Å². The van der Waals surface area contributed by atoms with Crippen molar-refractivity contribution in [2.45, 2.75) is 6.04 Å². The molecule has 0 spiro atoms. The predicted molar refractivity (Wildman–Crippen MR) is 51.2 cm³/mol. The van der Waals surface area contributed by atoms with Gasteiger partial charge >= 0.3 is 0 Å². The summed E-state index contributed by atoms with van der Waals surface area (Å²) in [6.45, 7) is -0.518. The number of hydrogen-bond donors (Lipinski definition) is 2. The van der Waals surface area contributed by atoms with Gasteiger partial charge in [0.05, 0.1) is 6.04 Å². The molecule has 0 fully saturated rings. The summed E-state index contributed by atoms with van der Waals surface area (Å²) in [6, 6.07) is 7.13. The lowest BCUT2D eigenvalue weighted by Crippen LogP contribution is -2.11. The Bertz CT molecular complexity index is 408. The summed E-state index contributed by atoms with van der Waals surface area (Å²) in [4.78, 5) is 3.07. The first-order valence-corrected chi connectivity index (χ1v) is 4.20. The maximum Gasteiger partial charge on any atom is 0.109 e. The molecule has 1 atom stereocenters. The van der Waals surface area contributed by atoms with Crippen LogP contribution in [0.5, 0.6) is 0 Å². The lowest BCUT2D eigenvalue weighted by molar-refractivity contribution is 0.437. The van der Waals surface area contributed by atoms with Crippen LogP contribution in [0.4, 0.5) is 4.39 Å². The highest BCUT2D eigenvalue weighted by molar-refractivity contribution is 5.80. The third-order valence-electron chi connectivity index (χ3n) is 2.17. The minimum atomic E-state index is -0.518. The SMILES string of the molecule is N[C@H](CF)c1ccc2[nH]ccc2c1. The van der Waals surface area contributed by atoms with Gasteiger partial charge in [0.1, 0.15) is 6.67 Å². The quantitative estimate of drug-likeness (QED) is 0.726. The van der Waals surface area contributed by atoms with Crippen LogP contribution < -0.4 is 5.73 Å². The van der Waals surface area contributed by atoms with E-state index in [0.29, 0.717) is 0 Å². The van der Waals surface area contributed by atoms with Crippen LogP contribution >= 0.6 is 0 Å². The molecule has 1 aromatic heterocycles. The summed E-state index contributed by atoms with van der Waals surface area (Å²) in [5.41, 5.74) is 7.46. The number of halogens is 1. The normalized spacial score (nSPS) is 13.4. The van der Waals surface area contributed by atoms with E-state index in [2.05, 4.69) is 4.98 Å². The van der Waals surface area contributed by atoms with Crippen LogP contribution in [0.3, 0.4) is 0 Å². The van der Waals surface area contributed by atoms with Gasteiger partial charge in [-0.1, -0.05) is 6.07 Å². The Balaban J connectivity index is 2.48. The number of fused-ring (bicyclic) bond motifs is 1. The van der Waals surface area contributed by atoms with Gasteiger partial charge in [0, 0.05) is 11.7 Å². The minimum Gasteiger partial charge on any atom is -0.361 e. The number of alkyl halides is 1. The Kier molecular flexibility index (Phi) is 2.02. The van der Waals surface area contributed by atoms with Crippen molar-refractivity contribution >= 4 is 10.9 Å². The fraction of sp³-hybridized carbons (Fsp3) is 0.200. The van der Waals surface area contributed by atoms with Crippen molar-refractivity contribution in [1.82, 2.24) is 4.98 Å². The van der Waals surface area contributed by atoms with Crippen molar-refractivity contribution in [1.29, 1.82) is 0 Å². The van der Waals surface area contributed by atoms with Gasteiger partial charge in [-0.2, -0.15) is 0 Å². The van der Waals surface area contributed by atoms with Crippen molar-refractivity contribution < 1.29 is 4.39 Å². The summed E-state index contributed by atoms with van der Waals surface area (Å²) in [5.74, 6) is 0. The van der Waals surface area contributed by atoms with Crippen LogP contribution in [0.15, 0.2) is 30.5 Å². The maximum absolute atomic E-state index is 12.3. The summed E-state index contributed by atoms with van der Waals surface area (Å²) in [6.07, 6.45) is 1.86. The highest BCUT2D eigenvalue weighted by Gasteiger charge is 2.05. The molecule has 0 amide bonds. The van der Waals surface area contributed by atoms with Crippen LogP contribution in [0.2, 0.25) is 0 Å². The third-order valence-corrected chi connectivity index (χ3v) is 2.17. The monoisotopic (exact) mass is 178 g/mol. The summed E-state index contributed by atoms with van der Waals surface area (Å²) < 4.78 is 12.3. The average Bonchev–Trinajstić information content (AvgIpc) is 2.63. The highest BCUT2D eigenvalue weighted by Crippen LogP contribution is 2.18. The van der Waals surface area contributed by atoms with Crippen molar-refractivity contribution in [3.63, 3.8) is 0 Å². The van der Waals surface area contributed by atoms with Gasteiger partial charge in [-0.05, 0) is 29.1 Å². The van der Waals surface area contributed by atoms with Crippen LogP contribution in [0.25, 0.3) is 10.9 Å². The average molecular weight is 178 g/mol. The fourth-order valence-corrected chi connectivity index (χ4v) is 1.39. The summed E-state index contributed by atoms with van der Waals surface area (Å²) >= 11 is 0. The zero-order valence-electron chi connectivity index (χ0n) is 7.13. The Morgan fingerprint density at radius 2 is 2.23 bits per heavy atom. The molecular formula is C10H11FN2. The van der Waals surface area contributed by atoms with E-state index in [0.717, 1.165) is 16.5 Å². The molecule has 0 saturated carbocycles. The van der Waals surface area contributed by atoms with Crippen LogP contribution in [-0.4, -0.2) is 11.7 Å². The van der Waals surface area contributed by atoms with Crippen molar-refractivity contribution in [2.24, 2.45) is 5.73 Å². The first kappa shape index (κ1) is 8.26. The van der Waals surface area contributed by atoms with E-state index in [1.165, 1.54) is 0 Å². The zero-order chi connectivity index (χ0) is 9.26. The summed E-state index contributed by atoms with van der Waals surface area (Å²) in [7, 11) is 0. The Labute approximate surface area is 75.6 Å². The van der Waals surface area contributed by atoms with Gasteiger partial charge in [0.15, 0.2) is 0 Å². The Morgan fingerprint density at radius 3 is 3.00 bits per heavy atom. The van der Waals surface area contributed by atoms with Gasteiger partial charge in [-0.15, -0.1) is 0 Å². The molecule has 0 aliphatic rings. The molecule has 1 heterocycles. The molecule has 0 aliphatic carbocycles. The van der Waals surface area contributed by atoms with E-state index in [-0.39, 0.29) is 0 Å². The first-order valence-electron chi connectivity index (χ1n) is 4.20. The second-order valence-corrected chi connectivity index (χ2v) is 3.09. The lowest BCUT2D eigenvalue weighted by atomic mass is 10.1. The van der Waals surface area contributed by atoms with E-state index < -0.39 is 12.7 Å². The first-order chi connectivity index (χ1) is 6.31. The maximum atomic E-state index is 12.3. The molecule has 3 N–H and O–H groups in total. The predicted octanol–water partition coefficient (Wildman–Crippen LogP) is 2.14. The van der Waals surface area contributed by atoms with E-state index in [9.17, 15) is 4.39 Å². The highest BCUT2D eigenvalue weighted by atomic mass is 19.1. The lowest BCUT2D eigenvalue weighted by Gasteiger charge is -2.06. The number of benzene rings is 1. The van der Waals surface area contributed by atoms with Crippen molar-refractivity contribution in [3.05, 3.63) is 36.0 Å². The Morgan fingerprint density at radius 1 is 1.38 bits per heavy atom. The van der Waals surface area contributed by atoms with Gasteiger partial charge in [-0.25, -0.2) is 4.39 Å². The zero-order valence-corrected chi connectivity index (χ0v) is 7.13. The van der Waals surface area contributed by atoms with Gasteiger partial charge < -0.3 is 10.7 Å². The number of H-pyrrole nitrogens is 1. The standard InChI is InChI=1S/C10H11FN2/c11-6-9(12)7-1-2-10-8(5-7)3-4-13-10/h1-5,9,13H,6,12H2/t9-/m1/s1. The number of rotatable bonds is 2. The largest absolute Gasteiger partial charge is 0.361 e. The molecule has 2 aromatic rings. The summed E-state index contributed by atoms with van der Waals surface area (Å²) in [5, 5.41) is 1.07. The molecule has 0 aliphatic heterocycles. The number of hydrogen-bond acceptors (Lipinski definition) is 1. The minimum absolute atomic E-state index is 0.501. The smallest absolute Gasteiger partial charge is 0.109 e. The molecule has 0 unspecified atom stereocenters. The second kappa shape index (κ2) is 3.18. The third kappa shape index (κ3) is 1.42. The van der Waals surface area contributed by atoms with Gasteiger partial charge in [-0.3, -0.25) is 0 Å². The van der Waals surface area contributed by atoms with Crippen molar-refractivity contribution in [2.75, 3.05) is 6.67 Å². The van der Waals surface area contributed by atoms with E-state index in [1.807, 2.05) is 30.5 Å². The molecular weight excluding hydrogens is 167 g/mol. The molecule has 2 rings (SSSR count). The Hall–Kier alpha value is -1.35. The van der Waals surface area contributed by atoms with E-state index in [4.69, 9.17) is 5.73 Å². The molecule has 0 radical (unpaired) electrons. The number of aromatic amines is 1. The molecule has 68 valence electrons. The van der Waals surface area contributed by atoms with Crippen LogP contribution in [0, 0.1) is 0 Å². The number of nitrogens with one attached hydrogen (secondary N) is 1. The van der Waals surface area contributed by atoms with E-state index in [1.54, 1.807) is 0 Å². The van der Waals surface area contributed by atoms with Crippen LogP contribution in [-0.2, 0) is 0 Å². The van der Waals surface area contributed by atoms with Crippen LogP contribution in [0.1, 0.15) is 11.6 Å². The molecule has 1 aromatic carbocycles. The number of aromatic nitrogens is 1. The molecule has 2 nitrogen and oxygen atoms in total.